The third kappa shape index (κ3) is 59.1. The van der Waals surface area contributed by atoms with Gasteiger partial charge in [-0.05, 0) is 57.4 Å². The zero-order chi connectivity index (χ0) is 57.2. The van der Waals surface area contributed by atoms with Crippen molar-refractivity contribution in [2.24, 2.45) is 0 Å². The van der Waals surface area contributed by atoms with E-state index >= 15 is 0 Å². The Bertz CT molecular complexity index is 1380. The predicted octanol–water partition coefficient (Wildman–Crippen LogP) is 20.7. The molecule has 0 aliphatic rings. The van der Waals surface area contributed by atoms with Crippen molar-refractivity contribution in [3.8, 4) is 0 Å². The lowest BCUT2D eigenvalue weighted by Crippen LogP contribution is -2.47. The lowest BCUT2D eigenvalue weighted by atomic mass is 10.0. The fourth-order valence-corrected chi connectivity index (χ4v) is 11.1. The van der Waals surface area contributed by atoms with Crippen molar-refractivity contribution in [1.29, 1.82) is 0 Å². The second kappa shape index (κ2) is 58.7. The maximum Gasteiger partial charge on any atom is 0.306 e. The van der Waals surface area contributed by atoms with E-state index in [0.29, 0.717) is 17.4 Å². The van der Waals surface area contributed by atoms with Gasteiger partial charge in [0.2, 0.25) is 5.91 Å². The number of hydrogen-bond donors (Lipinski definition) is 1. The van der Waals surface area contributed by atoms with Crippen molar-refractivity contribution < 1.29 is 37.3 Å². The van der Waals surface area contributed by atoms with Gasteiger partial charge in [-0.1, -0.05) is 302 Å². The summed E-state index contributed by atoms with van der Waals surface area (Å²) < 4.78 is 30.4. The highest BCUT2D eigenvalue weighted by Gasteiger charge is 2.27. The van der Waals surface area contributed by atoms with E-state index in [0.717, 1.165) is 57.8 Å². The Morgan fingerprint density at radius 1 is 0.436 bits per heavy atom. The number of hydrogen-bond acceptors (Lipinski definition) is 7. The van der Waals surface area contributed by atoms with Crippen LogP contribution in [0.3, 0.4) is 0 Å². The first-order chi connectivity index (χ1) is 37.9. The summed E-state index contributed by atoms with van der Waals surface area (Å²) in [5.41, 5.74) is 0. The first kappa shape index (κ1) is 76.5. The van der Waals surface area contributed by atoms with Gasteiger partial charge in [-0.3, -0.25) is 14.2 Å². The molecule has 0 aromatic heterocycles. The van der Waals surface area contributed by atoms with Gasteiger partial charge in [-0.25, -0.2) is 0 Å². The first-order valence-electron chi connectivity index (χ1n) is 34.1. The maximum atomic E-state index is 13.6. The minimum absolute atomic E-state index is 0.0179. The van der Waals surface area contributed by atoms with Gasteiger partial charge in [-0.2, -0.15) is 0 Å². The Kier molecular flexibility index (Phi) is 57.5. The highest BCUT2D eigenvalue weighted by molar-refractivity contribution is 7.45. The van der Waals surface area contributed by atoms with E-state index in [-0.39, 0.29) is 31.5 Å². The summed E-state index contributed by atoms with van der Waals surface area (Å²) in [7, 11) is 1.21. The number of esters is 1. The van der Waals surface area contributed by atoms with Crippen LogP contribution >= 0.6 is 7.82 Å². The number of quaternary nitrogens is 1. The minimum atomic E-state index is -4.69. The zero-order valence-corrected chi connectivity index (χ0v) is 53.8. The van der Waals surface area contributed by atoms with Crippen LogP contribution in [0.4, 0.5) is 0 Å². The van der Waals surface area contributed by atoms with Crippen molar-refractivity contribution in [1.82, 2.24) is 5.32 Å². The number of rotatable bonds is 63. The summed E-state index contributed by atoms with van der Waals surface area (Å²) in [5, 5.41) is 3.05. The van der Waals surface area contributed by atoms with Gasteiger partial charge in [-0.15, -0.1) is 0 Å². The van der Waals surface area contributed by atoms with Gasteiger partial charge in [0.05, 0.1) is 33.8 Å². The number of carbonyl (C=O) groups excluding carboxylic acids is 2. The molecule has 0 aliphatic heterocycles. The summed E-state index contributed by atoms with van der Waals surface area (Å²) in [6.07, 6.45) is 70.1. The molecule has 1 N–H and O–H groups in total. The monoisotopic (exact) mass is 1120 g/mol. The van der Waals surface area contributed by atoms with E-state index in [1.165, 1.54) is 257 Å². The largest absolute Gasteiger partial charge is 0.756 e. The Morgan fingerprint density at radius 2 is 0.744 bits per heavy atom. The molecule has 9 nitrogen and oxygen atoms in total. The van der Waals surface area contributed by atoms with E-state index in [1.54, 1.807) is 0 Å². The molecular formula is C68H133N2O7P. The van der Waals surface area contributed by atoms with Gasteiger partial charge in [0.1, 0.15) is 19.3 Å². The molecule has 1 amide bonds. The van der Waals surface area contributed by atoms with Gasteiger partial charge < -0.3 is 28.5 Å². The number of phosphoric acid groups is 1. The molecule has 0 spiro atoms. The highest BCUT2D eigenvalue weighted by atomic mass is 31.2. The summed E-state index contributed by atoms with van der Waals surface area (Å²) >= 11 is 0. The van der Waals surface area contributed by atoms with Crippen LogP contribution in [-0.4, -0.2) is 69.4 Å². The third-order valence-electron chi connectivity index (χ3n) is 15.6. The SMILES string of the molecule is CCCCCCCC/C=C/CCCCCCCCCCCCCCCCCC(=O)NC(COP(=O)([O-])OCC[N+](C)(C)C)C(/C=C\CCCCCCCCCCCCC)OC(=O)CCCCCCCCCCCCCCCC. The van der Waals surface area contributed by atoms with Crippen molar-refractivity contribution >= 4 is 19.7 Å². The van der Waals surface area contributed by atoms with Gasteiger partial charge in [0.25, 0.3) is 7.82 Å². The molecule has 0 bridgehead atoms. The molecule has 0 radical (unpaired) electrons. The van der Waals surface area contributed by atoms with E-state index in [2.05, 4.69) is 38.2 Å². The van der Waals surface area contributed by atoms with Gasteiger partial charge in [0, 0.05) is 12.8 Å². The predicted molar refractivity (Wildman–Crippen MR) is 335 cm³/mol. The minimum Gasteiger partial charge on any atom is -0.756 e. The Balaban J connectivity index is 5.04. The quantitative estimate of drug-likeness (QED) is 0.0212. The molecule has 0 aromatic carbocycles. The van der Waals surface area contributed by atoms with Gasteiger partial charge >= 0.3 is 5.97 Å². The summed E-state index contributed by atoms with van der Waals surface area (Å²) in [4.78, 5) is 40.1. The number of likely N-dealkylation sites (N-methyl/N-ethyl adjacent to an activating group) is 1. The number of amides is 1. The number of nitrogens with zero attached hydrogens (tertiary/aromatic N) is 1. The van der Waals surface area contributed by atoms with Crippen LogP contribution in [0.2, 0.25) is 0 Å². The molecule has 0 aliphatic carbocycles. The summed E-state index contributed by atoms with van der Waals surface area (Å²) in [5.74, 6) is -0.520. The lowest BCUT2D eigenvalue weighted by molar-refractivity contribution is -0.870. The number of nitrogens with one attached hydrogen (secondary N) is 1. The van der Waals surface area contributed by atoms with Crippen LogP contribution in [0.15, 0.2) is 24.3 Å². The number of ether oxygens (including phenoxy) is 1. The number of allylic oxidation sites excluding steroid dienone is 3. The fourth-order valence-electron chi connectivity index (χ4n) is 10.3. The van der Waals surface area contributed by atoms with Crippen LogP contribution in [0, 0.1) is 0 Å². The standard InChI is InChI=1S/C68H133N2O7P/c1-7-10-13-16-19-22-25-28-30-31-32-33-34-35-36-37-38-39-40-42-45-48-51-54-57-60-67(71)69-65(64-76-78(73,74)75-63-62-70(4,5)6)66(59-56-53-50-47-44-41-27-24-21-18-15-12-9-3)77-68(72)61-58-55-52-49-46-43-29-26-23-20-17-14-11-8-2/h28,30,56,59,65-66H,7-27,29,31-55,57-58,60-64H2,1-6H3,(H-,69,71,73,74)/b30-28+,59-56-. The molecule has 0 heterocycles. The molecule has 0 aromatic rings. The molecule has 0 fully saturated rings. The zero-order valence-electron chi connectivity index (χ0n) is 52.9. The van der Waals surface area contributed by atoms with Crippen LogP contribution < -0.4 is 10.2 Å². The maximum absolute atomic E-state index is 13.6. The van der Waals surface area contributed by atoms with E-state index in [1.807, 2.05) is 33.3 Å². The van der Waals surface area contributed by atoms with Crippen molar-refractivity contribution in [2.75, 3.05) is 40.9 Å². The molecule has 0 rings (SSSR count). The second-order valence-corrected chi connectivity index (χ2v) is 26.1. The van der Waals surface area contributed by atoms with Crippen molar-refractivity contribution in [3.63, 3.8) is 0 Å². The number of phosphoric ester groups is 1. The average molecular weight is 1120 g/mol. The molecule has 462 valence electrons. The third-order valence-corrected chi connectivity index (χ3v) is 16.6. The first-order valence-corrected chi connectivity index (χ1v) is 35.6. The highest BCUT2D eigenvalue weighted by Crippen LogP contribution is 2.38. The van der Waals surface area contributed by atoms with Crippen molar-refractivity contribution in [2.45, 2.75) is 360 Å². The van der Waals surface area contributed by atoms with Crippen LogP contribution in [0.1, 0.15) is 348 Å². The van der Waals surface area contributed by atoms with E-state index < -0.39 is 20.0 Å². The van der Waals surface area contributed by atoms with Gasteiger partial charge in [0.15, 0.2) is 0 Å². The molecule has 78 heavy (non-hydrogen) atoms. The van der Waals surface area contributed by atoms with Crippen molar-refractivity contribution in [3.05, 3.63) is 24.3 Å². The Hall–Kier alpha value is -1.51. The molecule has 0 saturated carbocycles. The summed E-state index contributed by atoms with van der Waals surface area (Å²) in [6.45, 7) is 6.90. The smallest absolute Gasteiger partial charge is 0.306 e. The summed E-state index contributed by atoms with van der Waals surface area (Å²) in [6, 6.07) is -0.882. The lowest BCUT2D eigenvalue weighted by Gasteiger charge is -2.30. The fraction of sp³-hybridized carbons (Fsp3) is 0.912. The topological polar surface area (TPSA) is 114 Å². The molecule has 3 unspecified atom stereocenters. The number of unbranched alkanes of at least 4 members (excludes halogenated alkanes) is 45. The Labute approximate surface area is 485 Å². The molecule has 3 atom stereocenters. The van der Waals surface area contributed by atoms with E-state index in [9.17, 15) is 19.0 Å². The second-order valence-electron chi connectivity index (χ2n) is 24.7. The molecule has 0 saturated heterocycles. The van der Waals surface area contributed by atoms with Crippen LogP contribution in [0.5, 0.6) is 0 Å². The molecule has 10 heteroatoms. The van der Waals surface area contributed by atoms with E-state index in [4.69, 9.17) is 13.8 Å². The molecular weight excluding hydrogens is 988 g/mol. The van der Waals surface area contributed by atoms with Crippen LogP contribution in [-0.2, 0) is 27.9 Å². The van der Waals surface area contributed by atoms with Crippen LogP contribution in [0.25, 0.3) is 0 Å². The number of carbonyl (C=O) groups is 2. The normalized spacial score (nSPS) is 13.7. The average Bonchev–Trinajstić information content (AvgIpc) is 3.40. The Morgan fingerprint density at radius 3 is 1.09 bits per heavy atom.